The maximum absolute atomic E-state index is 12.4. The van der Waals surface area contributed by atoms with E-state index in [1.54, 1.807) is 17.7 Å². The Morgan fingerprint density at radius 2 is 1.89 bits per heavy atom. The van der Waals surface area contributed by atoms with Gasteiger partial charge in [-0.3, -0.25) is 10.2 Å². The molecule has 7 nitrogen and oxygen atoms in total. The predicted octanol–water partition coefficient (Wildman–Crippen LogP) is 2.50. The Hall–Kier alpha value is -2.55. The van der Waals surface area contributed by atoms with Crippen LogP contribution < -0.4 is 10.7 Å². The number of amides is 1. The van der Waals surface area contributed by atoms with E-state index in [1.165, 1.54) is 4.88 Å². The Morgan fingerprint density at radius 3 is 2.64 bits per heavy atom. The number of likely N-dealkylation sites (N-methyl/N-ethyl adjacent to an activating group) is 1. The number of nitrogens with one attached hydrogen (secondary N) is 2. The van der Waals surface area contributed by atoms with Crippen molar-refractivity contribution in [2.24, 2.45) is 0 Å². The molecule has 2 aromatic heterocycles. The third-order valence-electron chi connectivity index (χ3n) is 4.89. The monoisotopic (exact) mass is 396 g/mol. The lowest BCUT2D eigenvalue weighted by Crippen LogP contribution is -2.52. The molecular formula is C20H24N6OS. The highest BCUT2D eigenvalue weighted by Crippen LogP contribution is 2.27. The van der Waals surface area contributed by atoms with Crippen LogP contribution in [0.2, 0.25) is 0 Å². The topological polar surface area (TPSA) is 73.4 Å². The number of piperazine rings is 1. The number of anilines is 1. The summed E-state index contributed by atoms with van der Waals surface area (Å²) >= 11 is 1.67. The van der Waals surface area contributed by atoms with Crippen molar-refractivity contribution in [3.05, 3.63) is 52.7 Å². The Kier molecular flexibility index (Phi) is 5.52. The van der Waals surface area contributed by atoms with E-state index in [-0.39, 0.29) is 5.91 Å². The fraction of sp³-hybridized carbons (Fsp3) is 0.350. The van der Waals surface area contributed by atoms with Gasteiger partial charge < -0.3 is 10.2 Å². The molecule has 0 saturated carbocycles. The molecule has 0 atom stereocenters. The minimum absolute atomic E-state index is 0.0599. The van der Waals surface area contributed by atoms with Gasteiger partial charge in [0.25, 0.3) is 5.91 Å². The van der Waals surface area contributed by atoms with Gasteiger partial charge in [-0.25, -0.2) is 15.0 Å². The van der Waals surface area contributed by atoms with Gasteiger partial charge in [0, 0.05) is 43.2 Å². The molecular weight excluding hydrogens is 372 g/mol. The molecule has 1 aliphatic heterocycles. The number of carbonyl (C=O) groups excluding carboxylic acids is 1. The zero-order valence-corrected chi connectivity index (χ0v) is 16.9. The van der Waals surface area contributed by atoms with Crippen molar-refractivity contribution >= 4 is 33.3 Å². The number of fused-ring (bicyclic) bond motifs is 1. The van der Waals surface area contributed by atoms with E-state index in [0.717, 1.165) is 47.8 Å². The van der Waals surface area contributed by atoms with E-state index in [9.17, 15) is 4.79 Å². The van der Waals surface area contributed by atoms with Crippen molar-refractivity contribution in [1.29, 1.82) is 0 Å². The summed E-state index contributed by atoms with van der Waals surface area (Å²) < 4.78 is 0. The first-order valence-corrected chi connectivity index (χ1v) is 10.2. The molecule has 4 rings (SSSR count). The predicted molar refractivity (Wildman–Crippen MR) is 112 cm³/mol. The number of thiophene rings is 1. The van der Waals surface area contributed by atoms with Crippen LogP contribution in [0.4, 0.5) is 5.82 Å². The van der Waals surface area contributed by atoms with Crippen LogP contribution in [-0.4, -0.2) is 59.0 Å². The van der Waals surface area contributed by atoms with Crippen molar-refractivity contribution in [1.82, 2.24) is 25.3 Å². The third kappa shape index (κ3) is 4.30. The SMILES string of the molecule is Cc1cc2c(NCc3ccc(C(=O)NN4CCN(C)CC4)cc3)ncnc2s1. The maximum Gasteiger partial charge on any atom is 0.265 e. The molecule has 0 radical (unpaired) electrons. The van der Waals surface area contributed by atoms with Gasteiger partial charge in [0.15, 0.2) is 0 Å². The lowest BCUT2D eigenvalue weighted by Gasteiger charge is -2.32. The van der Waals surface area contributed by atoms with Gasteiger partial charge in [-0.1, -0.05) is 12.1 Å². The van der Waals surface area contributed by atoms with Crippen molar-refractivity contribution in [3.63, 3.8) is 0 Å². The second-order valence-electron chi connectivity index (χ2n) is 7.08. The summed E-state index contributed by atoms with van der Waals surface area (Å²) in [5.41, 5.74) is 4.75. The lowest BCUT2D eigenvalue weighted by atomic mass is 10.1. The largest absolute Gasteiger partial charge is 0.365 e. The highest BCUT2D eigenvalue weighted by Gasteiger charge is 2.16. The first-order valence-electron chi connectivity index (χ1n) is 9.37. The van der Waals surface area contributed by atoms with Crippen LogP contribution in [-0.2, 0) is 6.54 Å². The molecule has 8 heteroatoms. The van der Waals surface area contributed by atoms with Gasteiger partial charge in [-0.2, -0.15) is 0 Å². The summed E-state index contributed by atoms with van der Waals surface area (Å²) in [6.07, 6.45) is 1.59. The molecule has 1 amide bonds. The van der Waals surface area contributed by atoms with Crippen LogP contribution in [0, 0.1) is 6.92 Å². The normalized spacial score (nSPS) is 15.6. The van der Waals surface area contributed by atoms with E-state index >= 15 is 0 Å². The maximum atomic E-state index is 12.4. The number of benzene rings is 1. The fourth-order valence-electron chi connectivity index (χ4n) is 3.20. The molecule has 146 valence electrons. The summed E-state index contributed by atoms with van der Waals surface area (Å²) in [7, 11) is 2.10. The third-order valence-corrected chi connectivity index (χ3v) is 5.85. The van der Waals surface area contributed by atoms with Gasteiger partial charge in [0.1, 0.15) is 17.0 Å². The first-order chi connectivity index (χ1) is 13.6. The number of carbonyl (C=O) groups is 1. The molecule has 28 heavy (non-hydrogen) atoms. The highest BCUT2D eigenvalue weighted by molar-refractivity contribution is 7.18. The zero-order chi connectivity index (χ0) is 19.5. The van der Waals surface area contributed by atoms with Crippen molar-refractivity contribution in [3.8, 4) is 0 Å². The van der Waals surface area contributed by atoms with Gasteiger partial charge in [0.05, 0.1) is 5.39 Å². The van der Waals surface area contributed by atoms with Crippen LogP contribution in [0.25, 0.3) is 10.2 Å². The van der Waals surface area contributed by atoms with Crippen LogP contribution in [0.1, 0.15) is 20.8 Å². The number of aromatic nitrogens is 2. The molecule has 1 aliphatic rings. The Labute approximate surface area is 168 Å². The summed E-state index contributed by atoms with van der Waals surface area (Å²) in [5.74, 6) is 0.779. The molecule has 3 aromatic rings. The van der Waals surface area contributed by atoms with Crippen molar-refractivity contribution < 1.29 is 4.79 Å². The molecule has 0 spiro atoms. The minimum Gasteiger partial charge on any atom is -0.365 e. The molecule has 1 aromatic carbocycles. The van der Waals surface area contributed by atoms with E-state index in [0.29, 0.717) is 12.1 Å². The second kappa shape index (κ2) is 8.22. The Morgan fingerprint density at radius 1 is 1.14 bits per heavy atom. The average Bonchev–Trinajstić information content (AvgIpc) is 3.09. The standard InChI is InChI=1S/C20H24N6OS/c1-14-11-17-18(22-13-23-20(17)28-14)21-12-15-3-5-16(6-4-15)19(27)24-26-9-7-25(2)8-10-26/h3-6,11,13H,7-10,12H2,1-2H3,(H,24,27)(H,21,22,23). The molecule has 1 saturated heterocycles. The minimum atomic E-state index is -0.0599. The summed E-state index contributed by atoms with van der Waals surface area (Å²) in [6.45, 7) is 6.33. The number of hydrogen-bond acceptors (Lipinski definition) is 7. The van der Waals surface area contributed by atoms with Crippen LogP contribution in [0.5, 0.6) is 0 Å². The first kappa shape index (κ1) is 18.8. The van der Waals surface area contributed by atoms with Crippen molar-refractivity contribution in [2.75, 3.05) is 38.5 Å². The number of rotatable bonds is 5. The van der Waals surface area contributed by atoms with Gasteiger partial charge in [0.2, 0.25) is 0 Å². The molecule has 2 N–H and O–H groups in total. The Bertz CT molecular complexity index is 962. The van der Waals surface area contributed by atoms with E-state index in [1.807, 2.05) is 29.3 Å². The number of hydrogen-bond donors (Lipinski definition) is 2. The van der Waals surface area contributed by atoms with Crippen molar-refractivity contribution in [2.45, 2.75) is 13.5 Å². The molecule has 0 aliphatic carbocycles. The highest BCUT2D eigenvalue weighted by atomic mass is 32.1. The van der Waals surface area contributed by atoms with Crippen LogP contribution in [0.15, 0.2) is 36.7 Å². The summed E-state index contributed by atoms with van der Waals surface area (Å²) in [6, 6.07) is 9.79. The van der Waals surface area contributed by atoms with E-state index < -0.39 is 0 Å². The Balaban J connectivity index is 1.36. The average molecular weight is 397 g/mol. The lowest BCUT2D eigenvalue weighted by molar-refractivity contribution is 0.0662. The van der Waals surface area contributed by atoms with Crippen LogP contribution >= 0.6 is 11.3 Å². The molecule has 0 unspecified atom stereocenters. The molecule has 1 fully saturated rings. The van der Waals surface area contributed by atoms with Gasteiger partial charge >= 0.3 is 0 Å². The molecule has 0 bridgehead atoms. The number of hydrazine groups is 1. The second-order valence-corrected chi connectivity index (χ2v) is 8.31. The van der Waals surface area contributed by atoms with Crippen LogP contribution in [0.3, 0.4) is 0 Å². The smallest absolute Gasteiger partial charge is 0.265 e. The van der Waals surface area contributed by atoms with E-state index in [4.69, 9.17) is 0 Å². The number of nitrogens with zero attached hydrogens (tertiary/aromatic N) is 4. The molecule has 3 heterocycles. The zero-order valence-electron chi connectivity index (χ0n) is 16.1. The quantitative estimate of drug-likeness (QED) is 0.690. The van der Waals surface area contributed by atoms with Gasteiger partial charge in [-0.15, -0.1) is 11.3 Å². The summed E-state index contributed by atoms with van der Waals surface area (Å²) in [5, 5.41) is 6.41. The fourth-order valence-corrected chi connectivity index (χ4v) is 4.05. The van der Waals surface area contributed by atoms with Gasteiger partial charge in [-0.05, 0) is 37.7 Å². The summed E-state index contributed by atoms with van der Waals surface area (Å²) in [4.78, 5) is 25.6. The number of aryl methyl sites for hydroxylation is 1. The van der Waals surface area contributed by atoms with E-state index in [2.05, 4.69) is 45.6 Å².